The molecule has 0 heterocycles. The van der Waals surface area contributed by atoms with Gasteiger partial charge in [-0.15, -0.1) is 0 Å². The van der Waals surface area contributed by atoms with E-state index in [-0.39, 0.29) is 45.9 Å². The number of aliphatic carboxylic acids is 4. The fourth-order valence-corrected chi connectivity index (χ4v) is 3.46. The number of carboxylic acid groups (broad SMARTS) is 5. The van der Waals surface area contributed by atoms with E-state index in [1.54, 1.807) is 0 Å². The lowest BCUT2D eigenvalue weighted by Crippen LogP contribution is -2.59. The number of rotatable bonds is 19. The van der Waals surface area contributed by atoms with Crippen molar-refractivity contribution in [3.05, 3.63) is 35.9 Å². The fraction of sp³-hybridized carbons (Fsp3) is 0.500. The van der Waals surface area contributed by atoms with Gasteiger partial charge in [0.2, 0.25) is 0 Å². The standard InChI is InChI=1S/C22H31N3O11/c26-18(27)12-23(6-7-24(13-19(28)29)14-20(30)31)8-9-25(22(34)35,15-21(32)33)10-11-36-16-17-4-2-1-3-5-17/h1-5H,6-16H2,(H4-,26,27,28,29,30,31,32,33,34,35)/p+1. The highest BCUT2D eigenvalue weighted by Crippen LogP contribution is 2.11. The first kappa shape index (κ1) is 30.4. The molecule has 14 nitrogen and oxygen atoms in total. The van der Waals surface area contributed by atoms with E-state index in [0.717, 1.165) is 10.5 Å². The maximum Gasteiger partial charge on any atom is 0.514 e. The van der Waals surface area contributed by atoms with Crippen LogP contribution in [0.5, 0.6) is 0 Å². The van der Waals surface area contributed by atoms with Crippen LogP contribution in [0.15, 0.2) is 30.3 Å². The van der Waals surface area contributed by atoms with E-state index in [9.17, 15) is 39.3 Å². The van der Waals surface area contributed by atoms with Gasteiger partial charge in [-0.3, -0.25) is 24.2 Å². The molecule has 1 rings (SSSR count). The molecule has 1 amide bonds. The Morgan fingerprint density at radius 3 is 1.72 bits per heavy atom. The van der Waals surface area contributed by atoms with Gasteiger partial charge in [0, 0.05) is 19.6 Å². The molecule has 0 aliphatic rings. The molecule has 0 bridgehead atoms. The zero-order valence-corrected chi connectivity index (χ0v) is 19.7. The third-order valence-corrected chi connectivity index (χ3v) is 5.27. The Balaban J connectivity index is 2.89. The largest absolute Gasteiger partial charge is 0.514 e. The molecule has 0 saturated carbocycles. The van der Waals surface area contributed by atoms with Crippen LogP contribution in [-0.2, 0) is 30.5 Å². The fourth-order valence-electron chi connectivity index (χ4n) is 3.46. The molecule has 1 atom stereocenters. The zero-order chi connectivity index (χ0) is 27.1. The Hall–Kier alpha value is -3.59. The van der Waals surface area contributed by atoms with Crippen molar-refractivity contribution in [2.45, 2.75) is 6.61 Å². The normalized spacial score (nSPS) is 12.8. The summed E-state index contributed by atoms with van der Waals surface area (Å²) in [5.74, 6) is -5.13. The predicted octanol–water partition coefficient (Wildman–Crippen LogP) is -0.360. The molecule has 36 heavy (non-hydrogen) atoms. The molecular weight excluding hydrogens is 482 g/mol. The van der Waals surface area contributed by atoms with Crippen molar-refractivity contribution in [1.82, 2.24) is 9.80 Å². The molecule has 0 aromatic heterocycles. The second-order valence-corrected chi connectivity index (χ2v) is 8.13. The Kier molecular flexibility index (Phi) is 13.0. The monoisotopic (exact) mass is 514 g/mol. The van der Waals surface area contributed by atoms with Gasteiger partial charge in [0.1, 0.15) is 13.1 Å². The van der Waals surface area contributed by atoms with Crippen molar-refractivity contribution < 1.29 is 58.7 Å². The molecule has 5 N–H and O–H groups in total. The van der Waals surface area contributed by atoms with Gasteiger partial charge in [0.25, 0.3) is 0 Å². The minimum atomic E-state index is -1.42. The molecule has 0 fully saturated rings. The molecule has 0 aliphatic carbocycles. The minimum absolute atomic E-state index is 0.0710. The van der Waals surface area contributed by atoms with Gasteiger partial charge in [0.15, 0.2) is 6.54 Å². The maximum atomic E-state index is 12.1. The van der Waals surface area contributed by atoms with E-state index in [4.69, 9.17) is 14.9 Å². The summed E-state index contributed by atoms with van der Waals surface area (Å²) in [7, 11) is 0. The highest BCUT2D eigenvalue weighted by molar-refractivity contribution is 5.72. The van der Waals surface area contributed by atoms with E-state index < -0.39 is 60.6 Å². The van der Waals surface area contributed by atoms with Crippen LogP contribution in [0, 0.1) is 0 Å². The molecule has 0 saturated heterocycles. The Labute approximate surface area is 207 Å². The minimum Gasteiger partial charge on any atom is -0.480 e. The number of hydrogen-bond acceptors (Lipinski definition) is 8. The van der Waals surface area contributed by atoms with Crippen LogP contribution in [0.2, 0.25) is 0 Å². The first-order valence-corrected chi connectivity index (χ1v) is 11.0. The van der Waals surface area contributed by atoms with Gasteiger partial charge >= 0.3 is 30.0 Å². The van der Waals surface area contributed by atoms with Gasteiger partial charge in [-0.2, -0.15) is 4.79 Å². The van der Waals surface area contributed by atoms with Crippen molar-refractivity contribution in [2.75, 3.05) is 65.5 Å². The Morgan fingerprint density at radius 2 is 1.22 bits per heavy atom. The van der Waals surface area contributed by atoms with Crippen LogP contribution in [-0.4, -0.2) is 135 Å². The number of ether oxygens (including phenoxy) is 1. The van der Waals surface area contributed by atoms with Gasteiger partial charge in [-0.1, -0.05) is 30.3 Å². The number of quaternary nitrogens is 1. The summed E-state index contributed by atoms with van der Waals surface area (Å²) in [4.78, 5) is 59.3. The van der Waals surface area contributed by atoms with E-state index in [0.29, 0.717) is 0 Å². The molecule has 0 aliphatic heterocycles. The smallest absolute Gasteiger partial charge is 0.480 e. The average molecular weight is 515 g/mol. The Morgan fingerprint density at radius 1 is 0.694 bits per heavy atom. The third-order valence-electron chi connectivity index (χ3n) is 5.27. The molecule has 1 unspecified atom stereocenters. The number of carboxylic acids is 4. The second-order valence-electron chi connectivity index (χ2n) is 8.13. The van der Waals surface area contributed by atoms with E-state index >= 15 is 0 Å². The summed E-state index contributed by atoms with van der Waals surface area (Å²) in [5, 5.41) is 46.4. The first-order chi connectivity index (χ1) is 16.9. The van der Waals surface area contributed by atoms with Crippen LogP contribution < -0.4 is 0 Å². The number of amides is 1. The van der Waals surface area contributed by atoms with Gasteiger partial charge < -0.3 is 30.3 Å². The van der Waals surface area contributed by atoms with E-state index in [1.165, 1.54) is 4.90 Å². The number of hydrogen-bond donors (Lipinski definition) is 5. The van der Waals surface area contributed by atoms with E-state index in [2.05, 4.69) is 0 Å². The molecule has 14 heteroatoms. The highest BCUT2D eigenvalue weighted by Gasteiger charge is 2.39. The van der Waals surface area contributed by atoms with Crippen LogP contribution in [0.1, 0.15) is 5.56 Å². The lowest BCUT2D eigenvalue weighted by atomic mass is 10.2. The summed E-state index contributed by atoms with van der Waals surface area (Å²) >= 11 is 0. The summed E-state index contributed by atoms with van der Waals surface area (Å²) in [6.45, 7) is -3.16. The van der Waals surface area contributed by atoms with Gasteiger partial charge in [-0.25, -0.2) is 9.28 Å². The molecule has 1 aromatic rings. The van der Waals surface area contributed by atoms with Crippen molar-refractivity contribution in [3.8, 4) is 0 Å². The summed E-state index contributed by atoms with van der Waals surface area (Å²) in [6.07, 6.45) is -1.42. The maximum absolute atomic E-state index is 12.1. The van der Waals surface area contributed by atoms with Gasteiger partial charge in [0.05, 0.1) is 32.8 Å². The lowest BCUT2D eigenvalue weighted by Gasteiger charge is -2.33. The van der Waals surface area contributed by atoms with Crippen molar-refractivity contribution in [1.29, 1.82) is 0 Å². The predicted molar refractivity (Wildman–Crippen MR) is 122 cm³/mol. The van der Waals surface area contributed by atoms with Crippen molar-refractivity contribution >= 4 is 30.0 Å². The topological polar surface area (TPSA) is 202 Å². The summed E-state index contributed by atoms with van der Waals surface area (Å²) in [5.41, 5.74) is 0.851. The molecule has 1 aromatic carbocycles. The van der Waals surface area contributed by atoms with E-state index in [1.807, 2.05) is 30.3 Å². The molecular formula is C22H32N3O11+. The third kappa shape index (κ3) is 12.2. The molecule has 200 valence electrons. The summed E-state index contributed by atoms with van der Waals surface area (Å²) in [6, 6.07) is 9.09. The van der Waals surface area contributed by atoms with Crippen LogP contribution >= 0.6 is 0 Å². The zero-order valence-electron chi connectivity index (χ0n) is 19.7. The van der Waals surface area contributed by atoms with Crippen LogP contribution in [0.4, 0.5) is 4.79 Å². The number of benzene rings is 1. The van der Waals surface area contributed by atoms with Crippen molar-refractivity contribution in [3.63, 3.8) is 0 Å². The SMILES string of the molecule is O=C(O)CN(CCN(CC(=O)O)CC(=O)O)CC[N+](CCOCc1ccccc1)(CC(=O)O)C(=O)O. The Bertz CT molecular complexity index is 880. The quantitative estimate of drug-likeness (QED) is 0.118. The molecule has 0 spiro atoms. The molecule has 0 radical (unpaired) electrons. The van der Waals surface area contributed by atoms with Crippen molar-refractivity contribution in [2.24, 2.45) is 0 Å². The first-order valence-electron chi connectivity index (χ1n) is 11.0. The number of carbonyl (C=O) groups is 5. The number of nitrogens with zero attached hydrogens (tertiary/aromatic N) is 3. The average Bonchev–Trinajstić information content (AvgIpc) is 2.77. The van der Waals surface area contributed by atoms with Crippen LogP contribution in [0.3, 0.4) is 0 Å². The second kappa shape index (κ2) is 15.4. The summed E-state index contributed by atoms with van der Waals surface area (Å²) < 4.78 is 4.61. The van der Waals surface area contributed by atoms with Gasteiger partial charge in [-0.05, 0) is 5.56 Å². The lowest BCUT2D eigenvalue weighted by molar-refractivity contribution is -0.850. The van der Waals surface area contributed by atoms with Crippen LogP contribution in [0.25, 0.3) is 0 Å². The highest BCUT2D eigenvalue weighted by atomic mass is 16.5.